The summed E-state index contributed by atoms with van der Waals surface area (Å²) < 4.78 is 25.5. The highest BCUT2D eigenvalue weighted by Crippen LogP contribution is 2.23. The van der Waals surface area contributed by atoms with Crippen LogP contribution in [0.1, 0.15) is 4.88 Å². The molecule has 0 aromatic carbocycles. The van der Waals surface area contributed by atoms with E-state index in [0.29, 0.717) is 16.1 Å². The van der Waals surface area contributed by atoms with E-state index in [1.807, 2.05) is 13.0 Å². The zero-order valence-corrected chi connectivity index (χ0v) is 11.2. The highest BCUT2D eigenvalue weighted by atomic mass is 79.9. The van der Waals surface area contributed by atoms with E-state index >= 15 is 0 Å². The molecule has 1 aromatic heterocycles. The molecular formula is C8H12BrNO2S2. The molecule has 1 rings (SSSR count). The Labute approximate surface area is 96.9 Å². The van der Waals surface area contributed by atoms with Crippen LogP contribution in [0.5, 0.6) is 0 Å². The zero-order chi connectivity index (χ0) is 10.8. The van der Waals surface area contributed by atoms with Gasteiger partial charge >= 0.3 is 0 Å². The molecule has 1 aromatic rings. The van der Waals surface area contributed by atoms with Gasteiger partial charge in [-0.15, -0.1) is 11.3 Å². The van der Waals surface area contributed by atoms with Gasteiger partial charge in [0.25, 0.3) is 10.0 Å². The number of thiophene rings is 1. The second-order valence-electron chi connectivity index (χ2n) is 2.88. The summed E-state index contributed by atoms with van der Waals surface area (Å²) in [5.74, 6) is 0. The van der Waals surface area contributed by atoms with E-state index in [1.165, 1.54) is 15.6 Å². The number of hydrogen-bond acceptors (Lipinski definition) is 3. The summed E-state index contributed by atoms with van der Waals surface area (Å²) in [6, 6.07) is 3.47. The molecular weight excluding hydrogens is 286 g/mol. The van der Waals surface area contributed by atoms with E-state index in [0.717, 1.165) is 4.88 Å². The highest BCUT2D eigenvalue weighted by Gasteiger charge is 2.21. The smallest absolute Gasteiger partial charge is 0.206 e. The van der Waals surface area contributed by atoms with E-state index in [2.05, 4.69) is 15.9 Å². The lowest BCUT2D eigenvalue weighted by atomic mass is 10.5. The molecule has 0 unspecified atom stereocenters. The molecule has 1 heterocycles. The van der Waals surface area contributed by atoms with Gasteiger partial charge in [0.15, 0.2) is 0 Å². The van der Waals surface area contributed by atoms with Crippen molar-refractivity contribution in [1.82, 2.24) is 4.31 Å². The van der Waals surface area contributed by atoms with Crippen LogP contribution in [0.2, 0.25) is 0 Å². The Balaban J connectivity index is 2.96. The first-order valence-corrected chi connectivity index (χ1v) is 7.45. The minimum absolute atomic E-state index is 0.415. The van der Waals surface area contributed by atoms with Crippen molar-refractivity contribution >= 4 is 37.3 Å². The Bertz CT molecular complexity index is 399. The van der Waals surface area contributed by atoms with E-state index < -0.39 is 10.0 Å². The first-order valence-electron chi connectivity index (χ1n) is 4.07. The molecule has 0 saturated carbocycles. The lowest BCUT2D eigenvalue weighted by molar-refractivity contribution is 0.491. The standard InChI is InChI=1S/C8H12BrNO2S2/c1-7-3-4-8(13-7)14(11,12)10(2)6-5-9/h3-4H,5-6H2,1-2H3. The number of rotatable bonds is 4. The maximum atomic E-state index is 11.9. The Hall–Kier alpha value is 0.0900. The third kappa shape index (κ3) is 2.56. The molecule has 0 N–H and O–H groups in total. The molecule has 0 aliphatic rings. The third-order valence-corrected chi connectivity index (χ3v) is 5.46. The molecule has 0 aliphatic carbocycles. The van der Waals surface area contributed by atoms with Gasteiger partial charge in [0, 0.05) is 23.8 Å². The van der Waals surface area contributed by atoms with Crippen molar-refractivity contribution in [2.75, 3.05) is 18.9 Å². The summed E-state index contributed by atoms with van der Waals surface area (Å²) >= 11 is 4.52. The molecule has 0 saturated heterocycles. The van der Waals surface area contributed by atoms with Crippen LogP contribution < -0.4 is 0 Å². The normalized spacial score (nSPS) is 12.3. The molecule has 0 aliphatic heterocycles. The summed E-state index contributed by atoms with van der Waals surface area (Å²) in [6.07, 6.45) is 0. The van der Waals surface area contributed by atoms with E-state index in [4.69, 9.17) is 0 Å². The number of hydrogen-bond donors (Lipinski definition) is 0. The Kier molecular flexibility index (Phi) is 4.12. The zero-order valence-electron chi connectivity index (χ0n) is 8.03. The maximum absolute atomic E-state index is 11.9. The monoisotopic (exact) mass is 297 g/mol. The van der Waals surface area contributed by atoms with Gasteiger partial charge in [-0.3, -0.25) is 0 Å². The van der Waals surface area contributed by atoms with Gasteiger partial charge in [0.05, 0.1) is 0 Å². The molecule has 0 radical (unpaired) electrons. The van der Waals surface area contributed by atoms with Gasteiger partial charge in [0.2, 0.25) is 0 Å². The second kappa shape index (κ2) is 4.74. The van der Waals surface area contributed by atoms with Crippen molar-refractivity contribution in [3.8, 4) is 0 Å². The van der Waals surface area contributed by atoms with Crippen LogP contribution in [-0.4, -0.2) is 31.6 Å². The van der Waals surface area contributed by atoms with Gasteiger partial charge < -0.3 is 0 Å². The number of halogens is 1. The molecule has 0 amide bonds. The third-order valence-electron chi connectivity index (χ3n) is 1.78. The summed E-state index contributed by atoms with van der Waals surface area (Å²) in [7, 11) is -1.67. The van der Waals surface area contributed by atoms with E-state index in [9.17, 15) is 8.42 Å². The van der Waals surface area contributed by atoms with E-state index in [-0.39, 0.29) is 0 Å². The average molecular weight is 298 g/mol. The van der Waals surface area contributed by atoms with Crippen molar-refractivity contribution in [2.24, 2.45) is 0 Å². The first-order chi connectivity index (χ1) is 6.48. The predicted octanol–water partition coefficient (Wildman–Crippen LogP) is 2.07. The number of alkyl halides is 1. The maximum Gasteiger partial charge on any atom is 0.252 e. The minimum atomic E-state index is -3.26. The molecule has 3 nitrogen and oxygen atoms in total. The van der Waals surface area contributed by atoms with Crippen LogP contribution in [0, 0.1) is 6.92 Å². The van der Waals surface area contributed by atoms with Gasteiger partial charge in [-0.05, 0) is 19.1 Å². The number of nitrogens with zero attached hydrogens (tertiary/aromatic N) is 1. The second-order valence-corrected chi connectivity index (χ2v) is 7.23. The van der Waals surface area contributed by atoms with Crippen molar-refractivity contribution in [3.63, 3.8) is 0 Å². The Morgan fingerprint density at radius 2 is 2.14 bits per heavy atom. The Morgan fingerprint density at radius 1 is 1.50 bits per heavy atom. The Morgan fingerprint density at radius 3 is 2.57 bits per heavy atom. The lowest BCUT2D eigenvalue weighted by Crippen LogP contribution is -2.27. The van der Waals surface area contributed by atoms with E-state index in [1.54, 1.807) is 13.1 Å². The van der Waals surface area contributed by atoms with Crippen molar-refractivity contribution < 1.29 is 8.42 Å². The van der Waals surface area contributed by atoms with Crippen LogP contribution >= 0.6 is 27.3 Å². The SMILES string of the molecule is Cc1ccc(S(=O)(=O)N(C)CCBr)s1. The predicted molar refractivity (Wildman–Crippen MR) is 62.7 cm³/mol. The minimum Gasteiger partial charge on any atom is -0.206 e. The molecule has 0 atom stereocenters. The van der Waals surface area contributed by atoms with Crippen LogP contribution in [0.4, 0.5) is 0 Å². The van der Waals surface area contributed by atoms with Gasteiger partial charge in [0.1, 0.15) is 4.21 Å². The number of sulfonamides is 1. The average Bonchev–Trinajstić information content (AvgIpc) is 2.52. The quantitative estimate of drug-likeness (QED) is 0.798. The topological polar surface area (TPSA) is 37.4 Å². The first kappa shape index (κ1) is 12.2. The van der Waals surface area contributed by atoms with Crippen LogP contribution in [-0.2, 0) is 10.0 Å². The molecule has 0 fully saturated rings. The van der Waals surface area contributed by atoms with Crippen molar-refractivity contribution in [2.45, 2.75) is 11.1 Å². The summed E-state index contributed by atoms with van der Waals surface area (Å²) in [5, 5.41) is 0.646. The molecule has 6 heteroatoms. The largest absolute Gasteiger partial charge is 0.252 e. The summed E-state index contributed by atoms with van der Waals surface area (Å²) in [6.45, 7) is 2.38. The van der Waals surface area contributed by atoms with Gasteiger partial charge in [-0.2, -0.15) is 4.31 Å². The van der Waals surface area contributed by atoms with Gasteiger partial charge in [-0.1, -0.05) is 15.9 Å². The molecule has 80 valence electrons. The molecule has 14 heavy (non-hydrogen) atoms. The summed E-state index contributed by atoms with van der Waals surface area (Å²) in [5.41, 5.74) is 0. The summed E-state index contributed by atoms with van der Waals surface area (Å²) in [4.78, 5) is 1.01. The fourth-order valence-electron chi connectivity index (χ4n) is 0.944. The van der Waals surface area contributed by atoms with Crippen molar-refractivity contribution in [1.29, 1.82) is 0 Å². The van der Waals surface area contributed by atoms with Crippen LogP contribution in [0.25, 0.3) is 0 Å². The molecule has 0 spiro atoms. The lowest BCUT2D eigenvalue weighted by Gasteiger charge is -2.13. The van der Waals surface area contributed by atoms with Crippen LogP contribution in [0.15, 0.2) is 16.3 Å². The van der Waals surface area contributed by atoms with Crippen LogP contribution in [0.3, 0.4) is 0 Å². The number of aryl methyl sites for hydroxylation is 1. The molecule has 0 bridgehead atoms. The van der Waals surface area contributed by atoms with Crippen molar-refractivity contribution in [3.05, 3.63) is 17.0 Å². The fourth-order valence-corrected chi connectivity index (χ4v) is 4.38. The fraction of sp³-hybridized carbons (Fsp3) is 0.500. The highest BCUT2D eigenvalue weighted by molar-refractivity contribution is 9.09. The van der Waals surface area contributed by atoms with Gasteiger partial charge in [-0.25, -0.2) is 8.42 Å².